The summed E-state index contributed by atoms with van der Waals surface area (Å²) in [4.78, 5) is 16.6. The zero-order valence-electron chi connectivity index (χ0n) is 16.9. The van der Waals surface area contributed by atoms with Crippen LogP contribution in [0, 0.1) is 0 Å². The molecule has 0 aliphatic heterocycles. The van der Waals surface area contributed by atoms with Gasteiger partial charge in [0.25, 0.3) is 0 Å². The number of nitrogens with one attached hydrogen (secondary N) is 1. The van der Waals surface area contributed by atoms with E-state index in [4.69, 9.17) is 0 Å². The lowest BCUT2D eigenvalue weighted by molar-refractivity contribution is -0.118. The molecule has 0 saturated carbocycles. The van der Waals surface area contributed by atoms with Crippen LogP contribution in [-0.4, -0.2) is 41.4 Å². The molecule has 2 heterocycles. The normalized spacial score (nSPS) is 11.7. The van der Waals surface area contributed by atoms with Crippen molar-refractivity contribution in [3.63, 3.8) is 0 Å². The maximum Gasteiger partial charge on any atom is 0.248 e. The van der Waals surface area contributed by atoms with Crippen LogP contribution in [0.3, 0.4) is 0 Å². The number of nitrogens with zero attached hydrogens (tertiary/aromatic N) is 6. The van der Waals surface area contributed by atoms with Gasteiger partial charge in [-0.1, -0.05) is 66.8 Å². The van der Waals surface area contributed by atoms with Crippen molar-refractivity contribution in [1.82, 2.24) is 30.4 Å². The number of tetrazole rings is 1. The fraction of sp³-hybridized carbons (Fsp3) is 0.238. The number of aromatic nitrogens is 6. The number of aliphatic hydroxyl groups excluding tert-OH is 1. The molecule has 0 aliphatic carbocycles. The molecule has 31 heavy (non-hydrogen) atoms. The van der Waals surface area contributed by atoms with Crippen molar-refractivity contribution >= 4 is 17.2 Å². The predicted octanol–water partition coefficient (Wildman–Crippen LogP) is 2.56. The highest BCUT2D eigenvalue weighted by Gasteiger charge is 2.11. The molecule has 4 rings (SSSR count). The summed E-state index contributed by atoms with van der Waals surface area (Å²) in [5.74, 6) is 0.357. The fourth-order valence-electron chi connectivity index (χ4n) is 3.15. The molecule has 2 N–H and O–H groups in total. The summed E-state index contributed by atoms with van der Waals surface area (Å²) in [5.41, 5.74) is 3.91. The summed E-state index contributed by atoms with van der Waals surface area (Å²) in [5, 5.41) is 28.6. The molecule has 2 aromatic carbocycles. The van der Waals surface area contributed by atoms with E-state index in [1.54, 1.807) is 4.68 Å². The van der Waals surface area contributed by atoms with E-state index < -0.39 is 0 Å². The van der Waals surface area contributed by atoms with Gasteiger partial charge in [0.15, 0.2) is 0 Å². The summed E-state index contributed by atoms with van der Waals surface area (Å²) in [7, 11) is 0. The monoisotopic (exact) mass is 435 g/mol. The fourth-order valence-corrected chi connectivity index (χ4v) is 3.92. The Kier molecular flexibility index (Phi) is 6.39. The Hall–Kier alpha value is -3.50. The Morgan fingerprint density at radius 1 is 1.16 bits per heavy atom. The van der Waals surface area contributed by atoms with Gasteiger partial charge in [-0.05, 0) is 28.3 Å². The van der Waals surface area contributed by atoms with E-state index in [1.807, 2.05) is 55.5 Å². The highest BCUT2D eigenvalue weighted by atomic mass is 32.1. The van der Waals surface area contributed by atoms with Gasteiger partial charge in [-0.2, -0.15) is 15.3 Å². The van der Waals surface area contributed by atoms with Crippen LogP contribution in [0.15, 0.2) is 53.5 Å². The van der Waals surface area contributed by atoms with Crippen molar-refractivity contribution in [2.24, 2.45) is 4.99 Å². The molecule has 0 aliphatic rings. The third-order valence-corrected chi connectivity index (χ3v) is 5.52. The van der Waals surface area contributed by atoms with Crippen molar-refractivity contribution in [1.29, 1.82) is 0 Å². The van der Waals surface area contributed by atoms with Gasteiger partial charge >= 0.3 is 0 Å². The minimum absolute atomic E-state index is 0.183. The van der Waals surface area contributed by atoms with Gasteiger partial charge in [-0.3, -0.25) is 4.79 Å². The second kappa shape index (κ2) is 9.54. The van der Waals surface area contributed by atoms with Gasteiger partial charge in [0, 0.05) is 12.0 Å². The summed E-state index contributed by atoms with van der Waals surface area (Å²) >= 11 is 1.22. The van der Waals surface area contributed by atoms with Crippen molar-refractivity contribution in [2.45, 2.75) is 32.9 Å². The van der Waals surface area contributed by atoms with Crippen LogP contribution in [0.25, 0.3) is 22.5 Å². The lowest BCUT2D eigenvalue weighted by atomic mass is 9.98. The first kappa shape index (κ1) is 20.8. The lowest BCUT2D eigenvalue weighted by Crippen LogP contribution is -2.19. The molecular formula is C21H21N7O2S. The number of hydrogen-bond donors (Lipinski definition) is 2. The van der Waals surface area contributed by atoms with Crippen molar-refractivity contribution in [3.8, 4) is 22.5 Å². The van der Waals surface area contributed by atoms with Crippen LogP contribution in [0.4, 0.5) is 0 Å². The molecule has 158 valence electrons. The van der Waals surface area contributed by atoms with Crippen molar-refractivity contribution < 1.29 is 9.90 Å². The number of aromatic amines is 1. The quantitative estimate of drug-likeness (QED) is 0.460. The molecule has 0 fully saturated rings. The number of H-pyrrole nitrogens is 1. The number of aliphatic hydroxyl groups is 1. The van der Waals surface area contributed by atoms with Crippen molar-refractivity contribution in [2.75, 3.05) is 0 Å². The standard InChI is InChI=1S/C21H21N7O2S/c1-2-5-18(30)22-21-28(25-19(13-29)31-21)12-14-8-10-15(11-9-14)16-6-3-4-7-17(16)20-23-26-27-24-20/h3-4,6-11,29H,2,5,12-13H2,1H3,(H,23,24,26,27). The molecule has 10 heteroatoms. The summed E-state index contributed by atoms with van der Waals surface area (Å²) in [6.07, 6.45) is 1.13. The highest BCUT2D eigenvalue weighted by Crippen LogP contribution is 2.29. The van der Waals surface area contributed by atoms with Gasteiger partial charge in [-0.15, -0.1) is 10.2 Å². The Balaban J connectivity index is 1.61. The Morgan fingerprint density at radius 2 is 1.94 bits per heavy atom. The SMILES string of the molecule is CCCC(=O)N=c1sc(CO)nn1Cc1ccc(-c2ccccc2-c2nn[nH]n2)cc1. The van der Waals surface area contributed by atoms with Gasteiger partial charge in [0.05, 0.1) is 13.2 Å². The first-order chi connectivity index (χ1) is 15.2. The van der Waals surface area contributed by atoms with E-state index in [-0.39, 0.29) is 12.5 Å². The minimum atomic E-state index is -0.187. The Labute approximate surface area is 182 Å². The van der Waals surface area contributed by atoms with E-state index in [2.05, 4.69) is 30.7 Å². The number of benzene rings is 2. The third kappa shape index (κ3) is 4.81. The summed E-state index contributed by atoms with van der Waals surface area (Å²) in [6.45, 7) is 2.20. The number of amides is 1. The molecule has 0 atom stereocenters. The predicted molar refractivity (Wildman–Crippen MR) is 116 cm³/mol. The van der Waals surface area contributed by atoms with Gasteiger partial charge in [-0.25, -0.2) is 4.68 Å². The molecule has 1 amide bonds. The molecule has 0 spiro atoms. The average molecular weight is 436 g/mol. The molecule has 0 radical (unpaired) electrons. The zero-order valence-corrected chi connectivity index (χ0v) is 17.7. The first-order valence-electron chi connectivity index (χ1n) is 9.85. The van der Waals surface area contributed by atoms with Crippen LogP contribution >= 0.6 is 11.3 Å². The van der Waals surface area contributed by atoms with Gasteiger partial charge in [0.1, 0.15) is 5.01 Å². The largest absolute Gasteiger partial charge is 0.389 e. The minimum Gasteiger partial charge on any atom is -0.389 e. The van der Waals surface area contributed by atoms with E-state index in [1.165, 1.54) is 11.3 Å². The number of hydrogen-bond acceptors (Lipinski definition) is 7. The number of rotatable bonds is 7. The lowest BCUT2D eigenvalue weighted by Gasteiger charge is -2.08. The zero-order chi connectivity index (χ0) is 21.6. The second-order valence-electron chi connectivity index (χ2n) is 6.83. The molecule has 0 saturated heterocycles. The number of carbonyl (C=O) groups excluding carboxylic acids is 1. The number of carbonyl (C=O) groups is 1. The van der Waals surface area contributed by atoms with Gasteiger partial charge < -0.3 is 5.11 Å². The van der Waals surface area contributed by atoms with E-state index in [0.29, 0.717) is 28.6 Å². The second-order valence-corrected chi connectivity index (χ2v) is 7.87. The van der Waals surface area contributed by atoms with Gasteiger partial charge in [0.2, 0.25) is 16.5 Å². The molecular weight excluding hydrogens is 414 g/mol. The maximum atomic E-state index is 12.0. The van der Waals surface area contributed by atoms with Crippen LogP contribution in [0.5, 0.6) is 0 Å². The smallest absolute Gasteiger partial charge is 0.248 e. The molecule has 4 aromatic rings. The Bertz CT molecular complexity index is 1230. The molecule has 2 aromatic heterocycles. The molecule has 0 bridgehead atoms. The van der Waals surface area contributed by atoms with E-state index in [0.717, 1.165) is 28.7 Å². The van der Waals surface area contributed by atoms with E-state index >= 15 is 0 Å². The summed E-state index contributed by atoms with van der Waals surface area (Å²) in [6, 6.07) is 15.9. The van der Waals surface area contributed by atoms with Crippen LogP contribution in [0.2, 0.25) is 0 Å². The topological polar surface area (TPSA) is 122 Å². The van der Waals surface area contributed by atoms with Crippen LogP contribution in [-0.2, 0) is 17.9 Å². The molecule has 0 unspecified atom stereocenters. The first-order valence-corrected chi connectivity index (χ1v) is 10.7. The maximum absolute atomic E-state index is 12.0. The van der Waals surface area contributed by atoms with Crippen LogP contribution in [0.1, 0.15) is 30.3 Å². The van der Waals surface area contributed by atoms with Crippen molar-refractivity contribution in [3.05, 3.63) is 63.9 Å². The third-order valence-electron chi connectivity index (χ3n) is 4.59. The summed E-state index contributed by atoms with van der Waals surface area (Å²) < 4.78 is 1.66. The Morgan fingerprint density at radius 3 is 2.61 bits per heavy atom. The van der Waals surface area contributed by atoms with E-state index in [9.17, 15) is 9.90 Å². The highest BCUT2D eigenvalue weighted by molar-refractivity contribution is 7.08. The van der Waals surface area contributed by atoms with Crippen LogP contribution < -0.4 is 4.80 Å². The average Bonchev–Trinajstić information content (AvgIpc) is 3.45. The molecule has 9 nitrogen and oxygen atoms in total.